The summed E-state index contributed by atoms with van der Waals surface area (Å²) in [5.74, 6) is 0.728. The maximum absolute atomic E-state index is 13.9. The van der Waals surface area contributed by atoms with Crippen molar-refractivity contribution in [2.24, 2.45) is 23.2 Å². The van der Waals surface area contributed by atoms with Gasteiger partial charge in [0.2, 0.25) is 5.91 Å². The van der Waals surface area contributed by atoms with Gasteiger partial charge in [0.15, 0.2) is 0 Å². The Bertz CT molecular complexity index is 1260. The molecular formula is C27H29FN4O3. The topological polar surface area (TPSA) is 104 Å². The number of fused-ring (bicyclic) bond motifs is 2. The van der Waals surface area contributed by atoms with Crippen LogP contribution in [-0.2, 0) is 4.79 Å². The third-order valence-electron chi connectivity index (χ3n) is 8.15. The van der Waals surface area contributed by atoms with Crippen LogP contribution in [0.5, 0.6) is 0 Å². The minimum absolute atomic E-state index is 0.0626. The first kappa shape index (κ1) is 23.4. The number of halogens is 1. The van der Waals surface area contributed by atoms with E-state index in [0.717, 1.165) is 36.6 Å². The van der Waals surface area contributed by atoms with E-state index in [2.05, 4.69) is 15.3 Å². The molecule has 2 fully saturated rings. The number of nitrogens with one attached hydrogen (secondary N) is 2. The molecule has 7 nitrogen and oxygen atoms in total. The number of carbonyl (C=O) groups is 2. The normalized spacial score (nSPS) is 23.8. The molecule has 2 aliphatic rings. The number of hydroxylamine groups is 1. The maximum atomic E-state index is 13.9. The summed E-state index contributed by atoms with van der Waals surface area (Å²) in [6.45, 7) is 3.98. The van der Waals surface area contributed by atoms with Gasteiger partial charge in [-0.1, -0.05) is 13.8 Å². The van der Waals surface area contributed by atoms with Gasteiger partial charge in [-0.3, -0.25) is 19.8 Å². The van der Waals surface area contributed by atoms with Crippen molar-refractivity contribution in [2.45, 2.75) is 45.4 Å². The van der Waals surface area contributed by atoms with Crippen LogP contribution in [-0.4, -0.2) is 27.0 Å². The highest BCUT2D eigenvalue weighted by Gasteiger charge is 2.49. The monoisotopic (exact) mass is 476 g/mol. The fraction of sp³-hybridized carbons (Fsp3) is 0.407. The largest absolute Gasteiger partial charge is 0.324 e. The van der Waals surface area contributed by atoms with Gasteiger partial charge in [0.05, 0.1) is 17.4 Å². The summed E-state index contributed by atoms with van der Waals surface area (Å²) in [7, 11) is 0. The Kier molecular flexibility index (Phi) is 6.01. The molecule has 0 unspecified atom stereocenters. The Morgan fingerprint density at radius 3 is 2.43 bits per heavy atom. The summed E-state index contributed by atoms with van der Waals surface area (Å²) in [5, 5.41) is 12.5. The summed E-state index contributed by atoms with van der Waals surface area (Å²) in [4.78, 5) is 33.0. The molecule has 2 amide bonds. The zero-order valence-corrected chi connectivity index (χ0v) is 19.8. The number of hydrogen-bond acceptors (Lipinski definition) is 5. The van der Waals surface area contributed by atoms with E-state index in [1.54, 1.807) is 18.2 Å². The lowest BCUT2D eigenvalue weighted by molar-refractivity contribution is -0.126. The number of anilines is 1. The van der Waals surface area contributed by atoms with Crippen LogP contribution in [0.3, 0.4) is 0 Å². The Hall–Kier alpha value is -3.39. The number of aromatic nitrogens is 2. The Morgan fingerprint density at radius 2 is 1.77 bits per heavy atom. The lowest BCUT2D eigenvalue weighted by Gasteiger charge is -2.31. The molecule has 182 valence electrons. The van der Waals surface area contributed by atoms with Crippen molar-refractivity contribution < 1.29 is 19.2 Å². The lowest BCUT2D eigenvalue weighted by Crippen LogP contribution is -2.37. The van der Waals surface area contributed by atoms with Crippen molar-refractivity contribution >= 4 is 28.4 Å². The third-order valence-corrected chi connectivity index (χ3v) is 8.15. The number of hydrogen-bond donors (Lipinski definition) is 3. The van der Waals surface area contributed by atoms with Crippen LogP contribution in [0.2, 0.25) is 0 Å². The first-order valence-electron chi connectivity index (χ1n) is 12.0. The second-order valence-corrected chi connectivity index (χ2v) is 10.5. The highest BCUT2D eigenvalue weighted by atomic mass is 19.1. The predicted molar refractivity (Wildman–Crippen MR) is 129 cm³/mol. The smallest absolute Gasteiger partial charge is 0.293 e. The molecular weight excluding hydrogens is 447 g/mol. The lowest BCUT2D eigenvalue weighted by atomic mass is 9.75. The van der Waals surface area contributed by atoms with Crippen molar-refractivity contribution in [3.63, 3.8) is 0 Å². The summed E-state index contributed by atoms with van der Waals surface area (Å²) in [6, 6.07) is 9.87. The molecule has 4 atom stereocenters. The second kappa shape index (κ2) is 9.00. The first-order chi connectivity index (χ1) is 16.8. The fourth-order valence-electron chi connectivity index (χ4n) is 6.09. The zero-order chi connectivity index (χ0) is 24.7. The van der Waals surface area contributed by atoms with Crippen LogP contribution in [0.1, 0.15) is 61.5 Å². The van der Waals surface area contributed by atoms with E-state index in [9.17, 15) is 14.0 Å². The third kappa shape index (κ3) is 4.38. The van der Waals surface area contributed by atoms with E-state index in [-0.39, 0.29) is 23.3 Å². The molecule has 3 aromatic rings. The van der Waals surface area contributed by atoms with Gasteiger partial charge in [0, 0.05) is 17.0 Å². The average molecular weight is 477 g/mol. The number of amides is 2. The molecule has 3 N–H and O–H groups in total. The van der Waals surface area contributed by atoms with Gasteiger partial charge in [-0.05, 0) is 91.3 Å². The second-order valence-electron chi connectivity index (χ2n) is 10.5. The van der Waals surface area contributed by atoms with Gasteiger partial charge in [-0.2, -0.15) is 0 Å². The molecule has 35 heavy (non-hydrogen) atoms. The van der Waals surface area contributed by atoms with Crippen molar-refractivity contribution in [1.29, 1.82) is 0 Å². The predicted octanol–water partition coefficient (Wildman–Crippen LogP) is 5.07. The average Bonchev–Trinajstić information content (AvgIpc) is 3.43. The molecule has 2 heterocycles. The minimum atomic E-state index is -0.705. The van der Waals surface area contributed by atoms with E-state index >= 15 is 0 Å². The van der Waals surface area contributed by atoms with Gasteiger partial charge in [-0.25, -0.2) is 14.9 Å². The minimum Gasteiger partial charge on any atom is -0.324 e. The van der Waals surface area contributed by atoms with Crippen molar-refractivity contribution in [1.82, 2.24) is 15.4 Å². The Morgan fingerprint density at radius 1 is 1.03 bits per heavy atom. The van der Waals surface area contributed by atoms with Gasteiger partial charge >= 0.3 is 0 Å². The summed E-state index contributed by atoms with van der Waals surface area (Å²) in [5.41, 5.74) is 3.56. The van der Waals surface area contributed by atoms with Gasteiger partial charge < -0.3 is 5.32 Å². The Labute approximate surface area is 203 Å². The van der Waals surface area contributed by atoms with E-state index < -0.39 is 11.3 Å². The number of rotatable bonds is 5. The van der Waals surface area contributed by atoms with Crippen LogP contribution in [0.15, 0.2) is 48.8 Å². The van der Waals surface area contributed by atoms with E-state index in [4.69, 9.17) is 5.21 Å². The molecule has 2 aliphatic carbocycles. The van der Waals surface area contributed by atoms with E-state index in [1.807, 2.05) is 26.1 Å². The van der Waals surface area contributed by atoms with Crippen molar-refractivity contribution in [3.05, 3.63) is 65.9 Å². The van der Waals surface area contributed by atoms with Crippen LogP contribution in [0.25, 0.3) is 10.9 Å². The molecule has 2 saturated carbocycles. The van der Waals surface area contributed by atoms with Gasteiger partial charge in [-0.15, -0.1) is 0 Å². The van der Waals surface area contributed by atoms with Crippen LogP contribution < -0.4 is 10.8 Å². The molecule has 5 rings (SSSR count). The van der Waals surface area contributed by atoms with Crippen molar-refractivity contribution in [2.75, 3.05) is 5.32 Å². The summed E-state index contributed by atoms with van der Waals surface area (Å²) in [6.07, 6.45) is 7.31. The SMILES string of the molecule is CC(C)(C(=O)Nc1ccc(C(=O)NO)nc1)[C@H]1C[C@H]2C[C@@H](c3ccnc4ccc(F)cc34)C[C@H]2C1. The van der Waals surface area contributed by atoms with E-state index in [1.165, 1.54) is 29.4 Å². The summed E-state index contributed by atoms with van der Waals surface area (Å²) >= 11 is 0. The fourth-order valence-corrected chi connectivity index (χ4v) is 6.09. The number of pyridine rings is 2. The van der Waals surface area contributed by atoms with Crippen LogP contribution in [0.4, 0.5) is 10.1 Å². The number of benzene rings is 1. The first-order valence-corrected chi connectivity index (χ1v) is 12.0. The highest BCUT2D eigenvalue weighted by molar-refractivity contribution is 5.96. The Balaban J connectivity index is 1.24. The molecule has 0 radical (unpaired) electrons. The number of carbonyl (C=O) groups excluding carboxylic acids is 2. The molecule has 8 heteroatoms. The van der Waals surface area contributed by atoms with Crippen LogP contribution in [0, 0.1) is 29.0 Å². The van der Waals surface area contributed by atoms with Gasteiger partial charge in [0.1, 0.15) is 11.5 Å². The molecule has 2 aromatic heterocycles. The quantitative estimate of drug-likeness (QED) is 0.352. The summed E-state index contributed by atoms with van der Waals surface area (Å²) < 4.78 is 13.9. The van der Waals surface area contributed by atoms with Crippen LogP contribution >= 0.6 is 0 Å². The molecule has 0 aliphatic heterocycles. The highest BCUT2D eigenvalue weighted by Crippen LogP contribution is 2.56. The van der Waals surface area contributed by atoms with Crippen molar-refractivity contribution in [3.8, 4) is 0 Å². The molecule has 0 bridgehead atoms. The molecule has 0 saturated heterocycles. The zero-order valence-electron chi connectivity index (χ0n) is 19.8. The maximum Gasteiger partial charge on any atom is 0.293 e. The molecule has 1 aromatic carbocycles. The molecule has 0 spiro atoms. The van der Waals surface area contributed by atoms with E-state index in [0.29, 0.717) is 23.4 Å². The van der Waals surface area contributed by atoms with Gasteiger partial charge in [0.25, 0.3) is 5.91 Å². The standard InChI is InChI=1S/C27H29FN4O3/c1-27(2,26(34)31-20-4-6-24(30-14-20)25(33)32-35)18-11-15-9-17(10-16(15)12-18)21-7-8-29-23-5-3-19(28)13-22(21)23/h3-8,13-18,35H,9-12H2,1-2H3,(H,31,34)(H,32,33)/t15-,16+,17-,18+. The number of nitrogens with zero attached hydrogens (tertiary/aromatic N) is 2.